The van der Waals surface area contributed by atoms with Crippen molar-refractivity contribution in [2.45, 2.75) is 32.7 Å². The van der Waals surface area contributed by atoms with Gasteiger partial charge in [-0.1, -0.05) is 13.8 Å². The van der Waals surface area contributed by atoms with Crippen LogP contribution >= 0.6 is 11.3 Å². The van der Waals surface area contributed by atoms with E-state index in [1.165, 1.54) is 25.3 Å². The summed E-state index contributed by atoms with van der Waals surface area (Å²) >= 11 is 1.55. The van der Waals surface area contributed by atoms with E-state index >= 15 is 0 Å². The average molecular weight is 349 g/mol. The van der Waals surface area contributed by atoms with Gasteiger partial charge in [0.05, 0.1) is 28.8 Å². The van der Waals surface area contributed by atoms with E-state index in [0.717, 1.165) is 10.7 Å². The number of methoxy groups -OCH3 is 1. The number of carbonyl (C=O) groups excluding carboxylic acids is 1. The van der Waals surface area contributed by atoms with Gasteiger partial charge in [0, 0.05) is 22.9 Å². The van der Waals surface area contributed by atoms with Gasteiger partial charge in [-0.3, -0.25) is 14.9 Å². The Balaban J connectivity index is 2.16. The van der Waals surface area contributed by atoms with Crippen molar-refractivity contribution in [3.63, 3.8) is 0 Å². The van der Waals surface area contributed by atoms with Gasteiger partial charge in [-0.05, 0) is 19.1 Å². The Bertz CT molecular complexity index is 758. The Morgan fingerprint density at radius 2 is 2.08 bits per heavy atom. The van der Waals surface area contributed by atoms with Gasteiger partial charge in [-0.25, -0.2) is 4.98 Å². The van der Waals surface area contributed by atoms with Crippen LogP contribution in [0.2, 0.25) is 0 Å². The number of benzene rings is 1. The third-order valence-electron chi connectivity index (χ3n) is 3.46. The highest BCUT2D eigenvalue weighted by Gasteiger charge is 2.20. The molecule has 1 N–H and O–H groups in total. The van der Waals surface area contributed by atoms with Crippen LogP contribution in [0.25, 0.3) is 0 Å². The molecule has 0 bridgehead atoms. The van der Waals surface area contributed by atoms with E-state index in [1.54, 1.807) is 11.3 Å². The number of aromatic nitrogens is 1. The summed E-state index contributed by atoms with van der Waals surface area (Å²) < 4.78 is 4.93. The van der Waals surface area contributed by atoms with E-state index in [4.69, 9.17) is 4.74 Å². The number of amides is 1. The molecule has 0 saturated heterocycles. The molecule has 7 nitrogen and oxygen atoms in total. The molecule has 0 fully saturated rings. The second kappa shape index (κ2) is 7.39. The molecule has 0 saturated carbocycles. The van der Waals surface area contributed by atoms with Crippen LogP contribution in [0.5, 0.6) is 5.75 Å². The van der Waals surface area contributed by atoms with Gasteiger partial charge in [0.1, 0.15) is 0 Å². The first-order valence-electron chi connectivity index (χ1n) is 7.42. The summed E-state index contributed by atoms with van der Waals surface area (Å²) in [4.78, 5) is 27.3. The van der Waals surface area contributed by atoms with Crippen LogP contribution in [-0.2, 0) is 0 Å². The van der Waals surface area contributed by atoms with Crippen molar-refractivity contribution in [3.8, 4) is 5.75 Å². The van der Waals surface area contributed by atoms with E-state index in [1.807, 2.05) is 12.3 Å². The summed E-state index contributed by atoms with van der Waals surface area (Å²) in [6, 6.07) is 3.83. The highest BCUT2D eigenvalue weighted by atomic mass is 32.1. The van der Waals surface area contributed by atoms with Crippen LogP contribution in [0.4, 0.5) is 5.69 Å². The fourth-order valence-corrected chi connectivity index (χ4v) is 3.02. The third-order valence-corrected chi connectivity index (χ3v) is 4.63. The minimum absolute atomic E-state index is 0.116. The number of nitrogens with zero attached hydrogens (tertiary/aromatic N) is 2. The fourth-order valence-electron chi connectivity index (χ4n) is 2.09. The van der Waals surface area contributed by atoms with Crippen LogP contribution < -0.4 is 10.1 Å². The van der Waals surface area contributed by atoms with Gasteiger partial charge in [0.25, 0.3) is 5.91 Å². The maximum Gasteiger partial charge on any atom is 0.311 e. The van der Waals surface area contributed by atoms with Crippen molar-refractivity contribution in [2.75, 3.05) is 7.11 Å². The lowest BCUT2D eigenvalue weighted by Crippen LogP contribution is -2.27. The van der Waals surface area contributed by atoms with Gasteiger partial charge >= 0.3 is 5.69 Å². The van der Waals surface area contributed by atoms with E-state index < -0.39 is 10.8 Å². The summed E-state index contributed by atoms with van der Waals surface area (Å²) in [5.74, 6) is 0.0499. The number of rotatable bonds is 6. The Morgan fingerprint density at radius 1 is 1.38 bits per heavy atom. The predicted molar refractivity (Wildman–Crippen MR) is 91.7 cm³/mol. The Kier molecular flexibility index (Phi) is 5.50. The maximum atomic E-state index is 12.3. The van der Waals surface area contributed by atoms with Crippen molar-refractivity contribution in [3.05, 3.63) is 50.0 Å². The lowest BCUT2D eigenvalue weighted by Gasteiger charge is -2.12. The van der Waals surface area contributed by atoms with E-state index in [0.29, 0.717) is 5.92 Å². The molecule has 0 radical (unpaired) electrons. The predicted octanol–water partition coefficient (Wildman–Crippen LogP) is 3.67. The van der Waals surface area contributed by atoms with E-state index in [9.17, 15) is 14.9 Å². The van der Waals surface area contributed by atoms with E-state index in [-0.39, 0.29) is 23.0 Å². The lowest BCUT2D eigenvalue weighted by molar-refractivity contribution is -0.385. The number of nitro groups is 1. The second-order valence-electron chi connectivity index (χ2n) is 5.60. The van der Waals surface area contributed by atoms with Crippen LogP contribution in [-0.4, -0.2) is 22.9 Å². The molecule has 1 amide bonds. The molecule has 0 spiro atoms. The number of carbonyl (C=O) groups is 1. The molecule has 1 aromatic heterocycles. The minimum Gasteiger partial charge on any atom is -0.490 e. The highest BCUT2D eigenvalue weighted by molar-refractivity contribution is 7.09. The topological polar surface area (TPSA) is 94.4 Å². The molecule has 2 aromatic rings. The van der Waals surface area contributed by atoms with Crippen molar-refractivity contribution in [2.24, 2.45) is 0 Å². The first kappa shape index (κ1) is 17.9. The maximum absolute atomic E-state index is 12.3. The van der Waals surface area contributed by atoms with Gasteiger partial charge in [-0.2, -0.15) is 0 Å². The molecule has 0 aliphatic heterocycles. The summed E-state index contributed by atoms with van der Waals surface area (Å²) in [5, 5.41) is 16.8. The number of hydrogen-bond acceptors (Lipinski definition) is 6. The molecule has 1 aromatic carbocycles. The molecule has 0 aliphatic carbocycles. The van der Waals surface area contributed by atoms with Crippen LogP contribution in [0.3, 0.4) is 0 Å². The van der Waals surface area contributed by atoms with Crippen LogP contribution in [0.15, 0.2) is 23.6 Å². The van der Waals surface area contributed by atoms with Gasteiger partial charge in [0.2, 0.25) is 0 Å². The van der Waals surface area contributed by atoms with Gasteiger partial charge < -0.3 is 10.1 Å². The molecule has 0 aliphatic rings. The minimum atomic E-state index is -0.575. The first-order chi connectivity index (χ1) is 11.3. The molecule has 1 atom stereocenters. The molecular weight excluding hydrogens is 330 g/mol. The largest absolute Gasteiger partial charge is 0.490 e. The Labute approximate surface area is 143 Å². The fraction of sp³-hybridized carbons (Fsp3) is 0.375. The molecule has 128 valence electrons. The average Bonchev–Trinajstić information content (AvgIpc) is 3.04. The molecule has 24 heavy (non-hydrogen) atoms. The molecule has 1 unspecified atom stereocenters. The summed E-state index contributed by atoms with van der Waals surface area (Å²) in [6.07, 6.45) is 0. The van der Waals surface area contributed by atoms with Crippen molar-refractivity contribution < 1.29 is 14.5 Å². The Hall–Kier alpha value is -2.48. The van der Waals surface area contributed by atoms with Gasteiger partial charge in [-0.15, -0.1) is 11.3 Å². The van der Waals surface area contributed by atoms with Crippen molar-refractivity contribution >= 4 is 22.9 Å². The smallest absolute Gasteiger partial charge is 0.311 e. The van der Waals surface area contributed by atoms with Crippen LogP contribution in [0.1, 0.15) is 53.8 Å². The summed E-state index contributed by atoms with van der Waals surface area (Å²) in [7, 11) is 1.35. The molecular formula is C16H19N3O4S. The molecule has 2 rings (SSSR count). The van der Waals surface area contributed by atoms with Crippen molar-refractivity contribution in [1.82, 2.24) is 10.3 Å². The normalized spacial score (nSPS) is 12.0. The number of nitro benzene ring substituents is 1. The lowest BCUT2D eigenvalue weighted by atomic mass is 10.1. The summed E-state index contributed by atoms with van der Waals surface area (Å²) in [5.41, 5.74) is 0.738. The van der Waals surface area contributed by atoms with Crippen molar-refractivity contribution in [1.29, 1.82) is 0 Å². The molecule has 8 heteroatoms. The zero-order chi connectivity index (χ0) is 17.9. The van der Waals surface area contributed by atoms with Crippen LogP contribution in [0, 0.1) is 10.1 Å². The molecule has 1 heterocycles. The number of ether oxygens (including phenoxy) is 1. The summed E-state index contributed by atoms with van der Waals surface area (Å²) in [6.45, 7) is 5.94. The zero-order valence-corrected chi connectivity index (χ0v) is 14.7. The number of nitrogens with one attached hydrogen (secondary N) is 1. The monoisotopic (exact) mass is 349 g/mol. The quantitative estimate of drug-likeness (QED) is 0.634. The standard InChI is InChI=1S/C16H19N3O4S/c1-9(2)16-18-12(8-24-16)10(3)17-15(20)11-5-6-14(23-4)13(7-11)19(21)22/h5-10H,1-4H3,(H,17,20). The first-order valence-corrected chi connectivity index (χ1v) is 8.30. The highest BCUT2D eigenvalue weighted by Crippen LogP contribution is 2.28. The number of hydrogen-bond donors (Lipinski definition) is 1. The van der Waals surface area contributed by atoms with Gasteiger partial charge in [0.15, 0.2) is 5.75 Å². The van der Waals surface area contributed by atoms with E-state index in [2.05, 4.69) is 24.1 Å². The Morgan fingerprint density at radius 3 is 2.62 bits per heavy atom. The second-order valence-corrected chi connectivity index (χ2v) is 6.49. The third kappa shape index (κ3) is 3.88. The zero-order valence-electron chi connectivity index (χ0n) is 13.9. The number of thiazole rings is 1. The SMILES string of the molecule is COc1ccc(C(=O)NC(C)c2csc(C(C)C)n2)cc1[N+](=O)[O-].